The van der Waals surface area contributed by atoms with Gasteiger partial charge >= 0.3 is 0 Å². The van der Waals surface area contributed by atoms with E-state index in [-0.39, 0.29) is 0 Å². The summed E-state index contributed by atoms with van der Waals surface area (Å²) in [6, 6.07) is 12.7. The van der Waals surface area contributed by atoms with Gasteiger partial charge in [0.25, 0.3) is 0 Å². The van der Waals surface area contributed by atoms with Crippen molar-refractivity contribution in [3.63, 3.8) is 0 Å². The molecule has 0 aromatic carbocycles. The standard InChI is InChI=1S/C8H13N.C8H12O.2C8H12S.C6H14S/c1-7(2)8-5-4-6-9(8)3;1-6(2)8-5-4-7(3)9-8;1-6(2)8-4-7(3)5-9-8;1-6(2)8-7(3)4-5-9-8;1-5(2)7-6(3)4/h4-7H,1-3H3;3*4-6H,1-3H3;5-6H,1-4H3. The fraction of sp³-hybridized carbons (Fsp3) is 0.579. The van der Waals surface area contributed by atoms with Crippen molar-refractivity contribution in [1.29, 1.82) is 0 Å². The quantitative estimate of drug-likeness (QED) is 0.208. The number of aromatic nitrogens is 1. The van der Waals surface area contributed by atoms with E-state index in [2.05, 4.69) is 150 Å². The van der Waals surface area contributed by atoms with Crippen LogP contribution in [0, 0.1) is 20.8 Å². The lowest BCUT2D eigenvalue weighted by molar-refractivity contribution is 0.463. The Kier molecular flexibility index (Phi) is 21.1. The largest absolute Gasteiger partial charge is 0.466 e. The zero-order chi connectivity index (χ0) is 33.3. The van der Waals surface area contributed by atoms with Gasteiger partial charge in [-0.3, -0.25) is 0 Å². The number of thiophene rings is 2. The molecule has 0 bridgehead atoms. The number of nitrogens with zero attached hydrogens (tertiary/aromatic N) is 1. The highest BCUT2D eigenvalue weighted by atomic mass is 32.2. The Morgan fingerprint density at radius 3 is 1.49 bits per heavy atom. The van der Waals surface area contributed by atoms with Gasteiger partial charge in [-0.1, -0.05) is 83.1 Å². The van der Waals surface area contributed by atoms with Gasteiger partial charge in [-0.15, -0.1) is 22.7 Å². The van der Waals surface area contributed by atoms with Crippen LogP contribution in [0.3, 0.4) is 0 Å². The molecular weight excluding hydrogens is 583 g/mol. The molecule has 0 unspecified atom stereocenters. The first-order valence-electron chi connectivity index (χ1n) is 15.9. The molecule has 0 atom stereocenters. The van der Waals surface area contributed by atoms with E-state index in [1.807, 2.05) is 53.5 Å². The molecule has 0 saturated heterocycles. The normalized spacial score (nSPS) is 10.7. The van der Waals surface area contributed by atoms with Crippen LogP contribution in [-0.2, 0) is 7.05 Å². The van der Waals surface area contributed by atoms with Crippen LogP contribution in [0.1, 0.15) is 145 Å². The smallest absolute Gasteiger partial charge is 0.106 e. The Labute approximate surface area is 278 Å². The molecule has 0 aliphatic heterocycles. The third-order valence-corrected chi connectivity index (χ3v) is 9.96. The lowest BCUT2D eigenvalue weighted by atomic mass is 10.1. The summed E-state index contributed by atoms with van der Waals surface area (Å²) < 4.78 is 7.50. The Morgan fingerprint density at radius 1 is 0.698 bits per heavy atom. The molecule has 4 aromatic rings. The molecule has 0 fully saturated rings. The van der Waals surface area contributed by atoms with Crippen molar-refractivity contribution in [3.05, 3.63) is 91.5 Å². The number of hydrogen-bond acceptors (Lipinski definition) is 4. The van der Waals surface area contributed by atoms with Gasteiger partial charge < -0.3 is 8.98 Å². The van der Waals surface area contributed by atoms with Gasteiger partial charge in [0.15, 0.2) is 0 Å². The van der Waals surface area contributed by atoms with Crippen LogP contribution in [0.5, 0.6) is 0 Å². The Hall–Kier alpha value is -1.69. The molecule has 43 heavy (non-hydrogen) atoms. The number of thioether (sulfide) groups is 1. The summed E-state index contributed by atoms with van der Waals surface area (Å²) in [5.74, 6) is 4.63. The fourth-order valence-corrected chi connectivity index (χ4v) is 7.06. The Bertz CT molecular complexity index is 1120. The van der Waals surface area contributed by atoms with E-state index >= 15 is 0 Å². The molecule has 4 rings (SSSR count). The summed E-state index contributed by atoms with van der Waals surface area (Å²) in [5.41, 5.74) is 4.23. The predicted octanol–water partition coefficient (Wildman–Crippen LogP) is 13.8. The molecule has 0 aliphatic carbocycles. The van der Waals surface area contributed by atoms with Crippen LogP contribution in [-0.4, -0.2) is 15.1 Å². The predicted molar refractivity (Wildman–Crippen MR) is 201 cm³/mol. The van der Waals surface area contributed by atoms with Gasteiger partial charge in [-0.25, -0.2) is 0 Å². The molecule has 2 nitrogen and oxygen atoms in total. The summed E-state index contributed by atoms with van der Waals surface area (Å²) in [7, 11) is 2.08. The maximum absolute atomic E-state index is 5.34. The topological polar surface area (TPSA) is 18.1 Å². The molecule has 4 heterocycles. The van der Waals surface area contributed by atoms with Crippen LogP contribution >= 0.6 is 34.4 Å². The van der Waals surface area contributed by atoms with Crippen LogP contribution < -0.4 is 0 Å². The Morgan fingerprint density at radius 2 is 1.30 bits per heavy atom. The minimum absolute atomic E-state index is 0.513. The number of rotatable bonds is 6. The molecule has 0 amide bonds. The number of aryl methyl sites for hydroxylation is 4. The average Bonchev–Trinajstić information content (AvgIpc) is 3.68. The van der Waals surface area contributed by atoms with E-state index in [0.717, 1.165) is 22.0 Å². The van der Waals surface area contributed by atoms with E-state index in [4.69, 9.17) is 4.42 Å². The molecule has 0 saturated carbocycles. The zero-order valence-corrected chi connectivity index (χ0v) is 32.7. The SMILES string of the molecule is CC(C)SC(C)C.CC(C)c1cccn1C.Cc1ccc(C(C)C)o1.Cc1ccsc1C(C)C.Cc1csc(C(C)C)c1. The second kappa shape index (κ2) is 21.9. The molecule has 0 aliphatic rings. The summed E-state index contributed by atoms with van der Waals surface area (Å²) in [4.78, 5) is 3.02. The molecule has 0 spiro atoms. The molecule has 244 valence electrons. The third-order valence-electron chi connectivity index (χ3n) is 6.20. The van der Waals surface area contributed by atoms with Crippen molar-refractivity contribution in [2.24, 2.45) is 7.05 Å². The van der Waals surface area contributed by atoms with Crippen molar-refractivity contribution >= 4 is 34.4 Å². The first-order valence-corrected chi connectivity index (χ1v) is 18.6. The average molecular weight is 646 g/mol. The lowest BCUT2D eigenvalue weighted by Gasteiger charge is -2.05. The van der Waals surface area contributed by atoms with Crippen LogP contribution in [0.25, 0.3) is 0 Å². The minimum Gasteiger partial charge on any atom is -0.466 e. The van der Waals surface area contributed by atoms with Gasteiger partial charge in [0.05, 0.1) is 0 Å². The highest BCUT2D eigenvalue weighted by Crippen LogP contribution is 2.24. The van der Waals surface area contributed by atoms with Gasteiger partial charge in [0.2, 0.25) is 0 Å². The van der Waals surface area contributed by atoms with Crippen LogP contribution in [0.2, 0.25) is 0 Å². The summed E-state index contributed by atoms with van der Waals surface area (Å²) in [5, 5.41) is 5.94. The lowest BCUT2D eigenvalue weighted by Crippen LogP contribution is -1.95. The molecule has 0 radical (unpaired) electrons. The fourth-order valence-electron chi connectivity index (χ4n) is 4.11. The molecule has 0 N–H and O–H groups in total. The number of furan rings is 1. The first kappa shape index (κ1) is 41.3. The van der Waals surface area contributed by atoms with Crippen molar-refractivity contribution < 1.29 is 4.42 Å². The van der Waals surface area contributed by atoms with Crippen molar-refractivity contribution in [2.45, 2.75) is 138 Å². The summed E-state index contributed by atoms with van der Waals surface area (Å²) in [6.07, 6.45) is 2.08. The highest BCUT2D eigenvalue weighted by Gasteiger charge is 2.03. The van der Waals surface area contributed by atoms with Gasteiger partial charge in [-0.2, -0.15) is 11.8 Å². The zero-order valence-electron chi connectivity index (χ0n) is 30.2. The first-order chi connectivity index (χ1) is 20.0. The summed E-state index contributed by atoms with van der Waals surface area (Å²) in [6.45, 7) is 32.8. The maximum atomic E-state index is 5.34. The van der Waals surface area contributed by atoms with Gasteiger partial charge in [0, 0.05) is 34.6 Å². The summed E-state index contributed by atoms with van der Waals surface area (Å²) >= 11 is 5.72. The van der Waals surface area contributed by atoms with E-state index < -0.39 is 0 Å². The third kappa shape index (κ3) is 18.7. The molecule has 5 heteroatoms. The van der Waals surface area contributed by atoms with Gasteiger partial charge in [-0.05, 0) is 107 Å². The second-order valence-corrected chi connectivity index (χ2v) is 16.9. The Balaban J connectivity index is 0.000000515. The minimum atomic E-state index is 0.513. The van der Waals surface area contributed by atoms with Crippen LogP contribution in [0.4, 0.5) is 0 Å². The van der Waals surface area contributed by atoms with E-state index in [1.54, 1.807) is 0 Å². The van der Waals surface area contributed by atoms with Crippen molar-refractivity contribution in [1.82, 2.24) is 4.57 Å². The number of hydrogen-bond donors (Lipinski definition) is 0. The second-order valence-electron chi connectivity index (χ2n) is 12.8. The van der Waals surface area contributed by atoms with Crippen molar-refractivity contribution in [3.8, 4) is 0 Å². The van der Waals surface area contributed by atoms with E-state index in [1.165, 1.54) is 26.6 Å². The monoisotopic (exact) mass is 645 g/mol. The van der Waals surface area contributed by atoms with E-state index in [0.29, 0.717) is 23.7 Å². The van der Waals surface area contributed by atoms with Gasteiger partial charge in [0.1, 0.15) is 11.5 Å². The highest BCUT2D eigenvalue weighted by molar-refractivity contribution is 8.00. The molecule has 4 aromatic heterocycles. The maximum Gasteiger partial charge on any atom is 0.106 e. The van der Waals surface area contributed by atoms with Crippen LogP contribution in [0.15, 0.2) is 57.8 Å². The van der Waals surface area contributed by atoms with E-state index in [9.17, 15) is 0 Å². The molecular formula is C38H63NOS3. The van der Waals surface area contributed by atoms with Crippen molar-refractivity contribution in [2.75, 3.05) is 0 Å².